The van der Waals surface area contributed by atoms with Crippen LogP contribution in [0.2, 0.25) is 0 Å². The van der Waals surface area contributed by atoms with Crippen LogP contribution in [-0.4, -0.2) is 22.6 Å². The first kappa shape index (κ1) is 13.8. The van der Waals surface area contributed by atoms with E-state index < -0.39 is 5.91 Å². The lowest BCUT2D eigenvalue weighted by molar-refractivity contribution is 0.100. The number of carbonyl (C=O) groups is 1. The molecule has 0 bridgehead atoms. The highest BCUT2D eigenvalue weighted by molar-refractivity contribution is 5.96. The Morgan fingerprint density at radius 3 is 2.77 bits per heavy atom. The number of amides is 1. The summed E-state index contributed by atoms with van der Waals surface area (Å²) in [6.45, 7) is 0. The van der Waals surface area contributed by atoms with Crippen LogP contribution in [0.1, 0.15) is 10.4 Å². The van der Waals surface area contributed by atoms with E-state index in [-0.39, 0.29) is 5.56 Å². The van der Waals surface area contributed by atoms with Crippen molar-refractivity contribution < 1.29 is 9.53 Å². The van der Waals surface area contributed by atoms with E-state index in [4.69, 9.17) is 10.5 Å². The van der Waals surface area contributed by atoms with Gasteiger partial charge in [-0.05, 0) is 30.3 Å². The molecule has 0 unspecified atom stereocenters. The number of nitrogens with zero attached hydrogens (tertiary/aromatic N) is 2. The average Bonchev–Trinajstić information content (AvgIpc) is 2.54. The van der Waals surface area contributed by atoms with E-state index in [1.807, 2.05) is 0 Å². The van der Waals surface area contributed by atoms with Crippen LogP contribution in [0.3, 0.4) is 0 Å². The predicted molar refractivity (Wildman–Crippen MR) is 82.4 cm³/mol. The van der Waals surface area contributed by atoms with Crippen LogP contribution in [0.25, 0.3) is 16.7 Å². The number of rotatable bonds is 3. The number of methoxy groups -OCH3 is 1. The second-order valence-corrected chi connectivity index (χ2v) is 4.70. The zero-order valence-corrected chi connectivity index (χ0v) is 11.8. The van der Waals surface area contributed by atoms with E-state index >= 15 is 0 Å². The van der Waals surface area contributed by atoms with Crippen molar-refractivity contribution in [2.24, 2.45) is 5.73 Å². The van der Waals surface area contributed by atoms with E-state index in [2.05, 4.69) is 4.98 Å². The van der Waals surface area contributed by atoms with Gasteiger partial charge in [0, 0.05) is 11.6 Å². The zero-order chi connectivity index (χ0) is 15.7. The molecule has 1 heterocycles. The van der Waals surface area contributed by atoms with Crippen molar-refractivity contribution >= 4 is 16.9 Å². The van der Waals surface area contributed by atoms with Gasteiger partial charge in [0.2, 0.25) is 5.91 Å². The molecule has 3 aromatic rings. The fourth-order valence-corrected chi connectivity index (χ4v) is 2.29. The molecule has 0 fully saturated rings. The molecule has 0 aliphatic carbocycles. The van der Waals surface area contributed by atoms with E-state index in [0.29, 0.717) is 28.0 Å². The number of aromatic nitrogens is 2. The number of ether oxygens (including phenoxy) is 1. The van der Waals surface area contributed by atoms with Crippen molar-refractivity contribution in [3.05, 3.63) is 64.6 Å². The Labute approximate surface area is 125 Å². The second-order valence-electron chi connectivity index (χ2n) is 4.70. The third-order valence-corrected chi connectivity index (χ3v) is 3.35. The summed E-state index contributed by atoms with van der Waals surface area (Å²) in [5.41, 5.74) is 7.10. The molecule has 0 saturated carbocycles. The van der Waals surface area contributed by atoms with Gasteiger partial charge in [-0.2, -0.15) is 0 Å². The van der Waals surface area contributed by atoms with Gasteiger partial charge in [0.05, 0.1) is 30.0 Å². The van der Waals surface area contributed by atoms with Crippen molar-refractivity contribution in [3.63, 3.8) is 0 Å². The third kappa shape index (κ3) is 2.31. The summed E-state index contributed by atoms with van der Waals surface area (Å²) in [6.07, 6.45) is 1.21. The summed E-state index contributed by atoms with van der Waals surface area (Å²) in [6, 6.07) is 11.9. The Hall–Kier alpha value is -3.15. The molecule has 22 heavy (non-hydrogen) atoms. The van der Waals surface area contributed by atoms with Gasteiger partial charge in [0.1, 0.15) is 5.75 Å². The maximum atomic E-state index is 12.2. The van der Waals surface area contributed by atoms with Crippen LogP contribution < -0.4 is 16.0 Å². The summed E-state index contributed by atoms with van der Waals surface area (Å²) in [5, 5.41) is 0. The van der Waals surface area contributed by atoms with Crippen LogP contribution >= 0.6 is 0 Å². The Kier molecular flexibility index (Phi) is 3.34. The lowest BCUT2D eigenvalue weighted by Crippen LogP contribution is -2.19. The Morgan fingerprint density at radius 2 is 2.05 bits per heavy atom. The third-order valence-electron chi connectivity index (χ3n) is 3.35. The maximum Gasteiger partial charge on any atom is 0.274 e. The Bertz CT molecular complexity index is 931. The normalized spacial score (nSPS) is 10.6. The molecule has 0 spiro atoms. The quantitative estimate of drug-likeness (QED) is 0.793. The zero-order valence-electron chi connectivity index (χ0n) is 11.8. The number of hydrogen-bond donors (Lipinski definition) is 1. The van der Waals surface area contributed by atoms with Gasteiger partial charge >= 0.3 is 0 Å². The number of primary amides is 1. The number of hydrogen-bond acceptors (Lipinski definition) is 4. The van der Waals surface area contributed by atoms with Crippen molar-refractivity contribution in [2.75, 3.05) is 7.11 Å². The monoisotopic (exact) mass is 295 g/mol. The molecule has 2 aromatic carbocycles. The van der Waals surface area contributed by atoms with Crippen molar-refractivity contribution in [1.82, 2.24) is 9.55 Å². The van der Waals surface area contributed by atoms with E-state index in [0.717, 1.165) is 0 Å². The van der Waals surface area contributed by atoms with E-state index in [1.54, 1.807) is 49.6 Å². The van der Waals surface area contributed by atoms with Crippen molar-refractivity contribution in [1.29, 1.82) is 0 Å². The molecule has 0 saturated heterocycles. The van der Waals surface area contributed by atoms with E-state index in [1.165, 1.54) is 10.8 Å². The predicted octanol–water partition coefficient (Wildman–Crippen LogP) is 1.49. The largest absolute Gasteiger partial charge is 0.497 e. The SMILES string of the molecule is COc1cccc(-n2c(=O)cnc3cc(C(N)=O)ccc32)c1. The van der Waals surface area contributed by atoms with Crippen molar-refractivity contribution in [3.8, 4) is 11.4 Å². The lowest BCUT2D eigenvalue weighted by atomic mass is 10.1. The summed E-state index contributed by atoms with van der Waals surface area (Å²) in [5.74, 6) is 0.103. The number of nitrogens with two attached hydrogens (primary N) is 1. The fourth-order valence-electron chi connectivity index (χ4n) is 2.29. The molecule has 1 amide bonds. The Morgan fingerprint density at radius 1 is 1.23 bits per heavy atom. The highest BCUT2D eigenvalue weighted by Crippen LogP contribution is 2.19. The van der Waals surface area contributed by atoms with Crippen molar-refractivity contribution in [2.45, 2.75) is 0 Å². The van der Waals surface area contributed by atoms with Gasteiger partial charge in [0.25, 0.3) is 5.56 Å². The minimum Gasteiger partial charge on any atom is -0.497 e. The standard InChI is InChI=1S/C16H13N3O3/c1-22-12-4-2-3-11(8-12)19-14-6-5-10(16(17)21)7-13(14)18-9-15(19)20/h2-9H,1H3,(H2,17,21). The summed E-state index contributed by atoms with van der Waals surface area (Å²) in [7, 11) is 1.56. The number of benzene rings is 2. The first-order valence-corrected chi connectivity index (χ1v) is 6.56. The van der Waals surface area contributed by atoms with Gasteiger partial charge < -0.3 is 10.5 Å². The number of fused-ring (bicyclic) bond motifs is 1. The molecular formula is C16H13N3O3. The average molecular weight is 295 g/mol. The molecule has 0 atom stereocenters. The summed E-state index contributed by atoms with van der Waals surface area (Å²) < 4.78 is 6.70. The summed E-state index contributed by atoms with van der Waals surface area (Å²) in [4.78, 5) is 27.6. The van der Waals surface area contributed by atoms with Crippen LogP contribution in [0.4, 0.5) is 0 Å². The molecular weight excluding hydrogens is 282 g/mol. The molecule has 0 radical (unpaired) electrons. The van der Waals surface area contributed by atoms with Crippen LogP contribution in [0.5, 0.6) is 5.75 Å². The number of carbonyl (C=O) groups excluding carboxylic acids is 1. The van der Waals surface area contributed by atoms with Gasteiger partial charge in [-0.1, -0.05) is 6.07 Å². The highest BCUT2D eigenvalue weighted by Gasteiger charge is 2.09. The van der Waals surface area contributed by atoms with Gasteiger partial charge in [-0.15, -0.1) is 0 Å². The summed E-state index contributed by atoms with van der Waals surface area (Å²) >= 11 is 0. The van der Waals surface area contributed by atoms with Crippen LogP contribution in [0.15, 0.2) is 53.5 Å². The fraction of sp³-hybridized carbons (Fsp3) is 0.0625. The molecule has 2 N–H and O–H groups in total. The van der Waals surface area contributed by atoms with Gasteiger partial charge in [-0.3, -0.25) is 14.2 Å². The first-order valence-electron chi connectivity index (χ1n) is 6.56. The maximum absolute atomic E-state index is 12.2. The van der Waals surface area contributed by atoms with Crippen LogP contribution in [0, 0.1) is 0 Å². The minimum atomic E-state index is -0.539. The lowest BCUT2D eigenvalue weighted by Gasteiger charge is -2.11. The minimum absolute atomic E-state index is 0.271. The molecule has 0 aliphatic rings. The molecule has 6 nitrogen and oxygen atoms in total. The molecule has 0 aliphatic heterocycles. The van der Waals surface area contributed by atoms with Gasteiger partial charge in [-0.25, -0.2) is 4.98 Å². The van der Waals surface area contributed by atoms with E-state index in [9.17, 15) is 9.59 Å². The molecule has 1 aromatic heterocycles. The molecule has 110 valence electrons. The highest BCUT2D eigenvalue weighted by atomic mass is 16.5. The second kappa shape index (κ2) is 5.33. The first-order chi connectivity index (χ1) is 10.6. The van der Waals surface area contributed by atoms with Crippen LogP contribution in [-0.2, 0) is 0 Å². The molecule has 3 rings (SSSR count). The Balaban J connectivity index is 2.30. The topological polar surface area (TPSA) is 87.2 Å². The van der Waals surface area contributed by atoms with Gasteiger partial charge in [0.15, 0.2) is 0 Å². The smallest absolute Gasteiger partial charge is 0.274 e. The molecule has 6 heteroatoms.